The van der Waals surface area contributed by atoms with Gasteiger partial charge in [-0.25, -0.2) is 8.78 Å². The molecular weight excluding hydrogens is 414 g/mol. The van der Waals surface area contributed by atoms with E-state index in [-0.39, 0.29) is 23.5 Å². The zero-order valence-corrected chi connectivity index (χ0v) is 18.3. The molecule has 0 aromatic heterocycles. The number of hydrogen-bond donors (Lipinski definition) is 1. The summed E-state index contributed by atoms with van der Waals surface area (Å²) in [4.78, 5) is 12.1. The molecule has 1 N–H and O–H groups in total. The van der Waals surface area contributed by atoms with Crippen LogP contribution in [-0.4, -0.2) is 19.6 Å². The molecule has 2 aromatic carbocycles. The van der Waals surface area contributed by atoms with E-state index in [1.165, 1.54) is 25.3 Å². The Morgan fingerprint density at radius 3 is 2.43 bits per heavy atom. The fourth-order valence-corrected chi connectivity index (χ4v) is 3.08. The number of nitrogens with zero attached hydrogens (tertiary/aromatic N) is 1. The van der Waals surface area contributed by atoms with Crippen LogP contribution in [0.2, 0.25) is 0 Å². The van der Waals surface area contributed by atoms with Crippen molar-refractivity contribution in [2.75, 3.05) is 13.7 Å². The van der Waals surface area contributed by atoms with Gasteiger partial charge in [-0.2, -0.15) is 0 Å². The van der Waals surface area contributed by atoms with Crippen molar-refractivity contribution < 1.29 is 26.7 Å². The largest absolute Gasteiger partial charge is 0.484 e. The first-order valence-corrected chi connectivity index (χ1v) is 10.2. The lowest BCUT2D eigenvalue weighted by atomic mass is 9.87. The summed E-state index contributed by atoms with van der Waals surface area (Å²) in [5.74, 6) is -1.29. The third-order valence-electron chi connectivity index (χ3n) is 4.28. The first kappa shape index (κ1) is 23.8. The van der Waals surface area contributed by atoms with E-state index >= 15 is 0 Å². The third kappa shape index (κ3) is 6.50. The van der Waals surface area contributed by atoms with E-state index in [0.717, 1.165) is 0 Å². The second-order valence-electron chi connectivity index (χ2n) is 7.66. The molecule has 0 heterocycles. The van der Waals surface area contributed by atoms with Crippen LogP contribution in [0.1, 0.15) is 44.9 Å². The second kappa shape index (κ2) is 9.99. The smallest absolute Gasteiger partial charge is 0.258 e. The number of carbonyl (C=O) groups excluding carboxylic acids is 1. The van der Waals surface area contributed by atoms with Crippen molar-refractivity contribution in [3.63, 3.8) is 0 Å². The number of halogens is 2. The van der Waals surface area contributed by atoms with Crippen LogP contribution in [-0.2, 0) is 29.5 Å². The number of carbonyl (C=O) groups is 1. The van der Waals surface area contributed by atoms with Crippen molar-refractivity contribution in [2.45, 2.75) is 39.2 Å². The molecule has 6 nitrogen and oxygen atoms in total. The van der Waals surface area contributed by atoms with Crippen LogP contribution in [0.15, 0.2) is 40.8 Å². The van der Waals surface area contributed by atoms with Gasteiger partial charge in [0.25, 0.3) is 5.91 Å². The molecule has 0 fully saturated rings. The normalized spacial score (nSPS) is 13.7. The van der Waals surface area contributed by atoms with E-state index in [4.69, 9.17) is 4.74 Å². The van der Waals surface area contributed by atoms with Crippen molar-refractivity contribution in [3.8, 4) is 5.75 Å². The predicted octanol–water partition coefficient (Wildman–Crippen LogP) is 4.86. The Bertz CT molecular complexity index is 999. The summed E-state index contributed by atoms with van der Waals surface area (Å²) < 4.78 is 53.0. The Morgan fingerprint density at radius 2 is 1.87 bits per heavy atom. The number of nitrogens with one attached hydrogen (secondary N) is 1. The zero-order valence-electron chi connectivity index (χ0n) is 17.5. The van der Waals surface area contributed by atoms with Crippen LogP contribution in [0.3, 0.4) is 0 Å². The summed E-state index contributed by atoms with van der Waals surface area (Å²) in [6.07, 6.45) is 0. The fraction of sp³-hybridized carbons (Fsp3) is 0.381. The number of amides is 1. The van der Waals surface area contributed by atoms with Gasteiger partial charge in [-0.1, -0.05) is 43.8 Å². The Labute approximate surface area is 177 Å². The average molecular weight is 440 g/mol. The fourth-order valence-electron chi connectivity index (χ4n) is 2.69. The molecule has 0 bridgehead atoms. The molecule has 0 unspecified atom stereocenters. The maximum absolute atomic E-state index is 14.2. The second-order valence-corrected chi connectivity index (χ2v) is 8.61. The summed E-state index contributed by atoms with van der Waals surface area (Å²) in [7, 11) is -0.779. The minimum Gasteiger partial charge on any atom is -0.484 e. The maximum Gasteiger partial charge on any atom is 0.258 e. The molecule has 0 aliphatic carbocycles. The lowest BCUT2D eigenvalue weighted by Gasteiger charge is -2.20. The van der Waals surface area contributed by atoms with Crippen molar-refractivity contribution in [1.29, 1.82) is 0 Å². The van der Waals surface area contributed by atoms with Crippen LogP contribution >= 0.6 is 0 Å². The van der Waals surface area contributed by atoms with E-state index in [1.807, 2.05) is 20.8 Å². The number of hydrogen-bond acceptors (Lipinski definition) is 6. The molecule has 1 amide bonds. The summed E-state index contributed by atoms with van der Waals surface area (Å²) in [6.45, 7) is 7.07. The molecule has 0 aliphatic heterocycles. The molecule has 9 heteroatoms. The Hall–Kier alpha value is -2.52. The van der Waals surface area contributed by atoms with Gasteiger partial charge in [0, 0.05) is 13.2 Å². The van der Waals surface area contributed by atoms with Crippen molar-refractivity contribution in [1.82, 2.24) is 5.32 Å². The van der Waals surface area contributed by atoms with Gasteiger partial charge in [0.05, 0.1) is 11.7 Å². The molecule has 0 radical (unpaired) electrons. The van der Waals surface area contributed by atoms with E-state index < -0.39 is 34.5 Å². The van der Waals surface area contributed by atoms with E-state index in [9.17, 15) is 17.8 Å². The van der Waals surface area contributed by atoms with E-state index in [1.54, 1.807) is 25.1 Å². The SMILES string of the molecule is CO[S-](=O)=Nc1ccc([C@@H](C)NC(=O)COc2ccc(C(C)(C)C)c(F)c2)cc1F. The Morgan fingerprint density at radius 1 is 1.17 bits per heavy atom. The van der Waals surface area contributed by atoms with Crippen LogP contribution in [0.4, 0.5) is 14.5 Å². The monoisotopic (exact) mass is 439 g/mol. The lowest BCUT2D eigenvalue weighted by molar-refractivity contribution is -0.123. The number of benzene rings is 2. The van der Waals surface area contributed by atoms with Gasteiger partial charge in [-0.15, -0.1) is 0 Å². The third-order valence-corrected chi connectivity index (χ3v) is 4.91. The molecule has 1 atom stereocenters. The van der Waals surface area contributed by atoms with Gasteiger partial charge < -0.3 is 22.8 Å². The highest BCUT2D eigenvalue weighted by atomic mass is 32.2. The first-order chi connectivity index (χ1) is 14.0. The van der Waals surface area contributed by atoms with Gasteiger partial charge in [0.1, 0.15) is 17.4 Å². The molecule has 164 valence electrons. The molecule has 0 aliphatic rings. The topological polar surface area (TPSA) is 77.0 Å². The number of rotatable bonds is 7. The van der Waals surface area contributed by atoms with Gasteiger partial charge in [0.15, 0.2) is 6.61 Å². The Balaban J connectivity index is 1.97. The Kier molecular flexibility index (Phi) is 7.91. The summed E-state index contributed by atoms with van der Waals surface area (Å²) >= 11 is 0. The van der Waals surface area contributed by atoms with E-state index in [2.05, 4.69) is 13.9 Å². The van der Waals surface area contributed by atoms with Crippen LogP contribution < -0.4 is 10.1 Å². The highest BCUT2D eigenvalue weighted by Crippen LogP contribution is 2.28. The minimum absolute atomic E-state index is 0.110. The highest BCUT2D eigenvalue weighted by molar-refractivity contribution is 7.69. The average Bonchev–Trinajstić information content (AvgIpc) is 2.66. The van der Waals surface area contributed by atoms with Crippen LogP contribution in [0.5, 0.6) is 5.75 Å². The molecule has 2 rings (SSSR count). The summed E-state index contributed by atoms with van der Waals surface area (Å²) in [5, 5.41) is 2.68. The lowest BCUT2D eigenvalue weighted by Crippen LogP contribution is -2.31. The van der Waals surface area contributed by atoms with Crippen LogP contribution in [0.25, 0.3) is 0 Å². The quantitative estimate of drug-likeness (QED) is 0.625. The maximum atomic E-state index is 14.2. The summed E-state index contributed by atoms with van der Waals surface area (Å²) in [6, 6.07) is 8.08. The van der Waals surface area contributed by atoms with Gasteiger partial charge in [-0.3, -0.25) is 4.79 Å². The predicted molar refractivity (Wildman–Crippen MR) is 111 cm³/mol. The zero-order chi connectivity index (χ0) is 22.5. The van der Waals surface area contributed by atoms with Gasteiger partial charge in [-0.05, 0) is 41.7 Å². The summed E-state index contributed by atoms with van der Waals surface area (Å²) in [5.41, 5.74) is 0.594. The van der Waals surface area contributed by atoms with Crippen molar-refractivity contribution in [2.24, 2.45) is 4.36 Å². The minimum atomic E-state index is -1.97. The van der Waals surface area contributed by atoms with E-state index in [0.29, 0.717) is 11.1 Å². The van der Waals surface area contributed by atoms with Gasteiger partial charge >= 0.3 is 0 Å². The van der Waals surface area contributed by atoms with Crippen molar-refractivity contribution in [3.05, 3.63) is 59.2 Å². The number of ether oxygens (including phenoxy) is 1. The first-order valence-electron chi connectivity index (χ1n) is 9.21. The van der Waals surface area contributed by atoms with Crippen molar-refractivity contribution >= 4 is 22.5 Å². The molecular formula is C21H25F2N2O4S-. The molecule has 2 aromatic rings. The standard InChI is InChI=1S/C21H25F2N2O4S/c1-13(14-6-9-19(18(23)10-14)25-30(27)28-5)24-20(26)12-29-15-7-8-16(17(22)11-15)21(2,3)4/h6-11,13H,12H2,1-5H3,(H,24,26)/q-1/t13-/m1/s1. The molecule has 30 heavy (non-hydrogen) atoms. The van der Waals surface area contributed by atoms with Gasteiger partial charge in [0.2, 0.25) is 0 Å². The molecule has 0 saturated heterocycles. The molecule has 0 spiro atoms. The highest BCUT2D eigenvalue weighted by Gasteiger charge is 2.19. The van der Waals surface area contributed by atoms with Crippen LogP contribution in [0, 0.1) is 11.6 Å². The molecule has 0 saturated carbocycles.